The van der Waals surface area contributed by atoms with Gasteiger partial charge < -0.3 is 20.4 Å². The van der Waals surface area contributed by atoms with E-state index in [1.54, 1.807) is 13.2 Å². The summed E-state index contributed by atoms with van der Waals surface area (Å²) in [7, 11) is 1.59. The highest BCUT2D eigenvalue weighted by Crippen LogP contribution is 2.21. The fourth-order valence-corrected chi connectivity index (χ4v) is 3.04. The fraction of sp³-hybridized carbons (Fsp3) is 0.235. The molecule has 0 fully saturated rings. The lowest BCUT2D eigenvalue weighted by molar-refractivity contribution is -0.116. The van der Waals surface area contributed by atoms with Crippen LogP contribution in [0, 0.1) is 6.92 Å². The summed E-state index contributed by atoms with van der Waals surface area (Å²) in [5.41, 5.74) is 2.13. The Morgan fingerprint density at radius 3 is 2.88 bits per heavy atom. The molecule has 3 N–H and O–H groups in total. The highest BCUT2D eigenvalue weighted by atomic mass is 32.1. The van der Waals surface area contributed by atoms with Gasteiger partial charge in [-0.1, -0.05) is 0 Å². The van der Waals surface area contributed by atoms with Crippen molar-refractivity contribution in [1.29, 1.82) is 0 Å². The number of aryl methyl sites for hydroxylation is 1. The van der Waals surface area contributed by atoms with E-state index in [1.165, 1.54) is 11.3 Å². The third-order valence-electron chi connectivity index (χ3n) is 3.58. The van der Waals surface area contributed by atoms with Gasteiger partial charge in [0, 0.05) is 35.3 Å². The maximum Gasteiger partial charge on any atom is 0.267 e. The van der Waals surface area contributed by atoms with Crippen LogP contribution in [0.1, 0.15) is 22.6 Å². The summed E-state index contributed by atoms with van der Waals surface area (Å²) in [6, 6.07) is 7.31. The van der Waals surface area contributed by atoms with Gasteiger partial charge in [-0.25, -0.2) is 4.98 Å². The number of thiazole rings is 1. The monoisotopic (exact) mass is 358 g/mol. The van der Waals surface area contributed by atoms with Gasteiger partial charge in [0.25, 0.3) is 5.91 Å². The maximum atomic E-state index is 12.2. The number of anilines is 1. The second-order valence-corrected chi connectivity index (χ2v) is 6.34. The number of benzene rings is 1. The molecule has 3 rings (SSSR count). The van der Waals surface area contributed by atoms with Crippen LogP contribution >= 0.6 is 11.3 Å². The van der Waals surface area contributed by atoms with Crippen LogP contribution in [0.15, 0.2) is 29.6 Å². The predicted octanol–water partition coefficient (Wildman–Crippen LogP) is 2.70. The standard InChI is InChI=1S/C17H18N4O3S/c1-10-9-25-17(19-10)21-15(22)5-6-18-16(23)14-7-11-3-4-12(24-2)8-13(11)20-14/h3-4,7-9,20H,5-6H2,1-2H3,(H,18,23)(H,19,21,22). The van der Waals surface area contributed by atoms with Gasteiger partial charge in [0.15, 0.2) is 5.13 Å². The Kier molecular flexibility index (Phi) is 4.99. The smallest absolute Gasteiger partial charge is 0.267 e. The topological polar surface area (TPSA) is 96.1 Å². The summed E-state index contributed by atoms with van der Waals surface area (Å²) < 4.78 is 5.16. The summed E-state index contributed by atoms with van der Waals surface area (Å²) >= 11 is 1.37. The van der Waals surface area contributed by atoms with Crippen molar-refractivity contribution < 1.29 is 14.3 Å². The van der Waals surface area contributed by atoms with Crippen molar-refractivity contribution in [2.24, 2.45) is 0 Å². The molecule has 2 heterocycles. The minimum atomic E-state index is -0.256. The number of aromatic amines is 1. The molecule has 25 heavy (non-hydrogen) atoms. The molecular weight excluding hydrogens is 340 g/mol. The van der Waals surface area contributed by atoms with Gasteiger partial charge in [0.1, 0.15) is 11.4 Å². The Morgan fingerprint density at radius 1 is 1.32 bits per heavy atom. The third kappa shape index (κ3) is 4.16. The van der Waals surface area contributed by atoms with Crippen LogP contribution < -0.4 is 15.4 Å². The van der Waals surface area contributed by atoms with Crippen LogP contribution in [0.25, 0.3) is 10.9 Å². The molecule has 0 unspecified atom stereocenters. The molecule has 1 aromatic carbocycles. The lowest BCUT2D eigenvalue weighted by atomic mass is 10.2. The molecule has 0 saturated carbocycles. The van der Waals surface area contributed by atoms with E-state index >= 15 is 0 Å². The van der Waals surface area contributed by atoms with Crippen molar-refractivity contribution in [1.82, 2.24) is 15.3 Å². The molecule has 0 saturated heterocycles. The normalized spacial score (nSPS) is 10.6. The molecular formula is C17H18N4O3S. The molecule has 0 spiro atoms. The Labute approximate surface area is 148 Å². The minimum absolute atomic E-state index is 0.179. The number of ether oxygens (including phenoxy) is 1. The second-order valence-electron chi connectivity index (χ2n) is 5.48. The van der Waals surface area contributed by atoms with Crippen LogP contribution in [-0.4, -0.2) is 35.4 Å². The summed E-state index contributed by atoms with van der Waals surface area (Å²) in [6.45, 7) is 2.11. The Balaban J connectivity index is 1.53. The molecule has 7 nitrogen and oxygen atoms in total. The molecule has 0 atom stereocenters. The lowest BCUT2D eigenvalue weighted by Gasteiger charge is -2.04. The Hall–Kier alpha value is -2.87. The van der Waals surface area contributed by atoms with Crippen molar-refractivity contribution in [2.75, 3.05) is 19.0 Å². The first-order valence-electron chi connectivity index (χ1n) is 7.72. The number of carbonyl (C=O) groups excluding carboxylic acids is 2. The summed E-state index contributed by atoms with van der Waals surface area (Å²) in [4.78, 5) is 31.2. The van der Waals surface area contributed by atoms with Crippen molar-refractivity contribution in [3.05, 3.63) is 41.0 Å². The molecule has 130 valence electrons. The Bertz CT molecular complexity index is 916. The molecule has 0 aliphatic carbocycles. The number of fused-ring (bicyclic) bond motifs is 1. The average Bonchev–Trinajstić information content (AvgIpc) is 3.19. The number of amides is 2. The van der Waals surface area contributed by atoms with E-state index in [-0.39, 0.29) is 24.8 Å². The van der Waals surface area contributed by atoms with Crippen LogP contribution in [0.4, 0.5) is 5.13 Å². The average molecular weight is 358 g/mol. The maximum absolute atomic E-state index is 12.2. The van der Waals surface area contributed by atoms with Crippen LogP contribution in [-0.2, 0) is 4.79 Å². The first kappa shape index (κ1) is 17.0. The first-order valence-corrected chi connectivity index (χ1v) is 8.60. The zero-order valence-electron chi connectivity index (χ0n) is 13.9. The van der Waals surface area contributed by atoms with Crippen LogP contribution in [0.5, 0.6) is 5.75 Å². The molecule has 0 aliphatic heterocycles. The second kappa shape index (κ2) is 7.35. The molecule has 0 aliphatic rings. The van der Waals surface area contributed by atoms with E-state index < -0.39 is 0 Å². The number of methoxy groups -OCH3 is 1. The zero-order chi connectivity index (χ0) is 17.8. The first-order chi connectivity index (χ1) is 12.0. The molecule has 2 aromatic heterocycles. The number of aromatic nitrogens is 2. The Morgan fingerprint density at radius 2 is 2.16 bits per heavy atom. The summed E-state index contributed by atoms with van der Waals surface area (Å²) in [6.07, 6.45) is 0.179. The quantitative estimate of drug-likeness (QED) is 0.631. The largest absolute Gasteiger partial charge is 0.497 e. The van der Waals surface area contributed by atoms with E-state index in [9.17, 15) is 9.59 Å². The van der Waals surface area contributed by atoms with E-state index in [2.05, 4.69) is 20.6 Å². The lowest BCUT2D eigenvalue weighted by Crippen LogP contribution is -2.27. The van der Waals surface area contributed by atoms with E-state index in [4.69, 9.17) is 4.74 Å². The van der Waals surface area contributed by atoms with Crippen LogP contribution in [0.3, 0.4) is 0 Å². The SMILES string of the molecule is COc1ccc2cc(C(=O)NCCC(=O)Nc3nc(C)cs3)[nH]c2c1. The van der Waals surface area contributed by atoms with Gasteiger partial charge in [-0.2, -0.15) is 0 Å². The molecule has 0 bridgehead atoms. The van der Waals surface area contributed by atoms with Crippen LogP contribution in [0.2, 0.25) is 0 Å². The van der Waals surface area contributed by atoms with Gasteiger partial charge in [-0.15, -0.1) is 11.3 Å². The highest BCUT2D eigenvalue weighted by Gasteiger charge is 2.11. The van der Waals surface area contributed by atoms with Crippen molar-refractivity contribution >= 4 is 39.2 Å². The van der Waals surface area contributed by atoms with Gasteiger partial charge in [0.2, 0.25) is 5.91 Å². The number of hydrogen-bond donors (Lipinski definition) is 3. The van der Waals surface area contributed by atoms with E-state index in [1.807, 2.05) is 30.5 Å². The number of nitrogens with zero attached hydrogens (tertiary/aromatic N) is 1. The third-order valence-corrected chi connectivity index (χ3v) is 4.45. The molecule has 8 heteroatoms. The van der Waals surface area contributed by atoms with Crippen molar-refractivity contribution in [3.8, 4) is 5.75 Å². The van der Waals surface area contributed by atoms with E-state index in [0.29, 0.717) is 10.8 Å². The number of hydrogen-bond acceptors (Lipinski definition) is 5. The fourth-order valence-electron chi connectivity index (χ4n) is 2.33. The number of H-pyrrole nitrogens is 1. The predicted molar refractivity (Wildman–Crippen MR) is 97.3 cm³/mol. The van der Waals surface area contributed by atoms with Gasteiger partial charge in [0.05, 0.1) is 12.8 Å². The summed E-state index contributed by atoms with van der Waals surface area (Å²) in [5.74, 6) is 0.277. The van der Waals surface area contributed by atoms with Crippen molar-refractivity contribution in [2.45, 2.75) is 13.3 Å². The summed E-state index contributed by atoms with van der Waals surface area (Å²) in [5, 5.41) is 8.79. The van der Waals surface area contributed by atoms with Gasteiger partial charge in [-0.3, -0.25) is 9.59 Å². The highest BCUT2D eigenvalue weighted by molar-refractivity contribution is 7.13. The zero-order valence-corrected chi connectivity index (χ0v) is 14.7. The van der Waals surface area contributed by atoms with Gasteiger partial charge >= 0.3 is 0 Å². The van der Waals surface area contributed by atoms with E-state index in [0.717, 1.165) is 22.3 Å². The van der Waals surface area contributed by atoms with Crippen molar-refractivity contribution in [3.63, 3.8) is 0 Å². The molecule has 3 aromatic rings. The molecule has 0 radical (unpaired) electrons. The molecule has 2 amide bonds. The van der Waals surface area contributed by atoms with Gasteiger partial charge in [-0.05, 0) is 25.1 Å². The minimum Gasteiger partial charge on any atom is -0.497 e. The number of rotatable bonds is 6. The number of carbonyl (C=O) groups is 2. The number of nitrogens with one attached hydrogen (secondary N) is 3.